The standard InChI is InChI=1S/C12H17N5/c1-3-17-12(14-9-15-17)8-13-7-11-6-4-5-10(2)16-11/h4-6,9,13H,3,7-8H2,1-2H3. The Kier molecular flexibility index (Phi) is 3.82. The molecule has 0 saturated carbocycles. The van der Waals surface area contributed by atoms with Crippen molar-refractivity contribution in [1.82, 2.24) is 25.1 Å². The van der Waals surface area contributed by atoms with Gasteiger partial charge in [0.1, 0.15) is 12.2 Å². The second kappa shape index (κ2) is 5.54. The average Bonchev–Trinajstić information content (AvgIpc) is 2.77. The SMILES string of the molecule is CCn1ncnc1CNCc1cccc(C)n1. The number of hydrogen-bond acceptors (Lipinski definition) is 4. The maximum Gasteiger partial charge on any atom is 0.140 e. The van der Waals surface area contributed by atoms with Gasteiger partial charge in [0, 0.05) is 18.8 Å². The molecule has 0 saturated heterocycles. The van der Waals surface area contributed by atoms with Crippen molar-refractivity contribution in [1.29, 1.82) is 0 Å². The molecule has 0 fully saturated rings. The van der Waals surface area contributed by atoms with Crippen LogP contribution in [-0.4, -0.2) is 19.7 Å². The third-order valence-electron chi connectivity index (χ3n) is 2.53. The Labute approximate surface area is 101 Å². The smallest absolute Gasteiger partial charge is 0.140 e. The first-order chi connectivity index (χ1) is 8.29. The molecule has 0 amide bonds. The number of aryl methyl sites for hydroxylation is 2. The van der Waals surface area contributed by atoms with Crippen LogP contribution in [0.25, 0.3) is 0 Å². The van der Waals surface area contributed by atoms with Crippen LogP contribution < -0.4 is 5.32 Å². The van der Waals surface area contributed by atoms with Crippen LogP contribution in [0.4, 0.5) is 0 Å². The summed E-state index contributed by atoms with van der Waals surface area (Å²) in [6.45, 7) is 6.36. The Balaban J connectivity index is 1.87. The molecule has 0 aliphatic rings. The fraction of sp³-hybridized carbons (Fsp3) is 0.417. The molecule has 0 atom stereocenters. The first-order valence-corrected chi connectivity index (χ1v) is 5.79. The van der Waals surface area contributed by atoms with Crippen molar-refractivity contribution in [2.24, 2.45) is 0 Å². The van der Waals surface area contributed by atoms with Gasteiger partial charge in [-0.15, -0.1) is 0 Å². The Bertz CT molecular complexity index is 477. The van der Waals surface area contributed by atoms with Crippen LogP contribution in [0.15, 0.2) is 24.5 Å². The van der Waals surface area contributed by atoms with Crippen LogP contribution in [-0.2, 0) is 19.6 Å². The summed E-state index contributed by atoms with van der Waals surface area (Å²) in [4.78, 5) is 8.63. The number of pyridine rings is 1. The first-order valence-electron chi connectivity index (χ1n) is 5.79. The number of aromatic nitrogens is 4. The second-order valence-corrected chi connectivity index (χ2v) is 3.87. The molecule has 2 aromatic heterocycles. The van der Waals surface area contributed by atoms with Gasteiger partial charge in [-0.05, 0) is 26.0 Å². The molecule has 1 N–H and O–H groups in total. The van der Waals surface area contributed by atoms with Gasteiger partial charge in [0.2, 0.25) is 0 Å². The summed E-state index contributed by atoms with van der Waals surface area (Å²) in [5.41, 5.74) is 2.09. The number of hydrogen-bond donors (Lipinski definition) is 1. The molecule has 0 spiro atoms. The van der Waals surface area contributed by atoms with E-state index < -0.39 is 0 Å². The van der Waals surface area contributed by atoms with E-state index in [1.54, 1.807) is 6.33 Å². The molecule has 2 heterocycles. The van der Waals surface area contributed by atoms with E-state index in [1.165, 1.54) is 0 Å². The molecule has 0 bridgehead atoms. The third kappa shape index (κ3) is 3.10. The molecular formula is C12H17N5. The van der Waals surface area contributed by atoms with E-state index in [-0.39, 0.29) is 0 Å². The average molecular weight is 231 g/mol. The van der Waals surface area contributed by atoms with Gasteiger partial charge < -0.3 is 5.32 Å². The molecule has 5 heteroatoms. The third-order valence-corrected chi connectivity index (χ3v) is 2.53. The van der Waals surface area contributed by atoms with E-state index in [1.807, 2.05) is 29.8 Å². The zero-order chi connectivity index (χ0) is 12.1. The summed E-state index contributed by atoms with van der Waals surface area (Å²) in [5.74, 6) is 0.958. The van der Waals surface area contributed by atoms with Crippen molar-refractivity contribution in [2.75, 3.05) is 0 Å². The minimum absolute atomic E-state index is 0.712. The van der Waals surface area contributed by atoms with Gasteiger partial charge >= 0.3 is 0 Å². The van der Waals surface area contributed by atoms with Gasteiger partial charge in [0.05, 0.1) is 12.2 Å². The van der Waals surface area contributed by atoms with E-state index in [2.05, 4.69) is 27.3 Å². The predicted octanol–water partition coefficient (Wildman–Crippen LogP) is 1.29. The largest absolute Gasteiger partial charge is 0.304 e. The number of nitrogens with one attached hydrogen (secondary N) is 1. The van der Waals surface area contributed by atoms with Crippen molar-refractivity contribution in [3.8, 4) is 0 Å². The highest BCUT2D eigenvalue weighted by Crippen LogP contribution is 1.99. The zero-order valence-electron chi connectivity index (χ0n) is 10.2. The van der Waals surface area contributed by atoms with E-state index in [9.17, 15) is 0 Å². The summed E-state index contributed by atoms with van der Waals surface area (Å²) < 4.78 is 1.89. The zero-order valence-corrected chi connectivity index (χ0v) is 10.2. The topological polar surface area (TPSA) is 55.6 Å². The molecule has 0 aliphatic carbocycles. The lowest BCUT2D eigenvalue weighted by molar-refractivity contribution is 0.569. The van der Waals surface area contributed by atoms with Gasteiger partial charge in [0.15, 0.2) is 0 Å². The Hall–Kier alpha value is -1.75. The molecule has 0 aromatic carbocycles. The number of nitrogens with zero attached hydrogens (tertiary/aromatic N) is 4. The summed E-state index contributed by atoms with van der Waals surface area (Å²) in [6, 6.07) is 6.04. The van der Waals surface area contributed by atoms with E-state index in [4.69, 9.17) is 0 Å². The minimum Gasteiger partial charge on any atom is -0.304 e. The highest BCUT2D eigenvalue weighted by Gasteiger charge is 2.01. The minimum atomic E-state index is 0.712. The molecule has 0 radical (unpaired) electrons. The first kappa shape index (κ1) is 11.7. The molecule has 90 valence electrons. The lowest BCUT2D eigenvalue weighted by Crippen LogP contribution is -2.17. The molecule has 2 aromatic rings. The quantitative estimate of drug-likeness (QED) is 0.842. The summed E-state index contributed by atoms with van der Waals surface area (Å²) >= 11 is 0. The van der Waals surface area contributed by atoms with Crippen LogP contribution in [0.3, 0.4) is 0 Å². The molecule has 0 unspecified atom stereocenters. The highest BCUT2D eigenvalue weighted by atomic mass is 15.3. The maximum atomic E-state index is 4.43. The fourth-order valence-corrected chi connectivity index (χ4v) is 1.69. The van der Waals surface area contributed by atoms with Gasteiger partial charge in [-0.3, -0.25) is 4.98 Å². The highest BCUT2D eigenvalue weighted by molar-refractivity contribution is 5.09. The van der Waals surface area contributed by atoms with Gasteiger partial charge in [-0.2, -0.15) is 5.10 Å². The molecule has 17 heavy (non-hydrogen) atoms. The van der Waals surface area contributed by atoms with Crippen LogP contribution in [0.5, 0.6) is 0 Å². The molecule has 0 aliphatic heterocycles. The van der Waals surface area contributed by atoms with Gasteiger partial charge in [-0.1, -0.05) is 6.07 Å². The van der Waals surface area contributed by atoms with Crippen molar-refractivity contribution in [2.45, 2.75) is 33.5 Å². The fourth-order valence-electron chi connectivity index (χ4n) is 1.69. The monoisotopic (exact) mass is 231 g/mol. The summed E-state index contributed by atoms with van der Waals surface area (Å²) in [5, 5.41) is 7.44. The van der Waals surface area contributed by atoms with E-state index >= 15 is 0 Å². The van der Waals surface area contributed by atoms with E-state index in [0.29, 0.717) is 6.54 Å². The van der Waals surface area contributed by atoms with Crippen LogP contribution in [0.2, 0.25) is 0 Å². The van der Waals surface area contributed by atoms with Crippen molar-refractivity contribution >= 4 is 0 Å². The second-order valence-electron chi connectivity index (χ2n) is 3.87. The normalized spacial score (nSPS) is 10.7. The summed E-state index contributed by atoms with van der Waals surface area (Å²) in [6.07, 6.45) is 1.59. The van der Waals surface area contributed by atoms with Crippen LogP contribution in [0, 0.1) is 6.92 Å². The number of rotatable bonds is 5. The lowest BCUT2D eigenvalue weighted by Gasteiger charge is -2.05. The Morgan fingerprint density at radius 3 is 2.94 bits per heavy atom. The Morgan fingerprint density at radius 2 is 2.18 bits per heavy atom. The van der Waals surface area contributed by atoms with Crippen molar-refractivity contribution in [3.63, 3.8) is 0 Å². The van der Waals surface area contributed by atoms with Gasteiger partial charge in [-0.25, -0.2) is 9.67 Å². The molecule has 5 nitrogen and oxygen atoms in total. The van der Waals surface area contributed by atoms with Crippen LogP contribution >= 0.6 is 0 Å². The predicted molar refractivity (Wildman–Crippen MR) is 65.2 cm³/mol. The molecular weight excluding hydrogens is 214 g/mol. The van der Waals surface area contributed by atoms with Crippen LogP contribution in [0.1, 0.15) is 24.1 Å². The van der Waals surface area contributed by atoms with Crippen molar-refractivity contribution < 1.29 is 0 Å². The summed E-state index contributed by atoms with van der Waals surface area (Å²) in [7, 11) is 0. The lowest BCUT2D eigenvalue weighted by atomic mass is 10.3. The van der Waals surface area contributed by atoms with Gasteiger partial charge in [0.25, 0.3) is 0 Å². The Morgan fingerprint density at radius 1 is 1.29 bits per heavy atom. The maximum absolute atomic E-state index is 4.43. The van der Waals surface area contributed by atoms with E-state index in [0.717, 1.165) is 30.3 Å². The molecule has 2 rings (SSSR count). The van der Waals surface area contributed by atoms with Crippen molar-refractivity contribution in [3.05, 3.63) is 41.7 Å².